The van der Waals surface area contributed by atoms with Gasteiger partial charge in [0.25, 0.3) is 5.91 Å². The number of pyridine rings is 1. The summed E-state index contributed by atoms with van der Waals surface area (Å²) in [6, 6.07) is 8.93. The van der Waals surface area contributed by atoms with Crippen LogP contribution in [0.3, 0.4) is 0 Å². The molecule has 1 fully saturated rings. The highest BCUT2D eigenvalue weighted by Gasteiger charge is 2.21. The van der Waals surface area contributed by atoms with Gasteiger partial charge in [0.05, 0.1) is 12.1 Å². The SMILES string of the molecule is O=C(NCC(=O)N1CCN(c2ccc(F)cc2)CC1)c1ccc(=O)[nH]c1. The average molecular weight is 358 g/mol. The second-order valence-electron chi connectivity index (χ2n) is 5.97. The maximum atomic E-state index is 13.0. The number of rotatable bonds is 4. The Kier molecular flexibility index (Phi) is 5.31. The molecule has 7 nitrogen and oxygen atoms in total. The van der Waals surface area contributed by atoms with E-state index < -0.39 is 5.91 Å². The van der Waals surface area contributed by atoms with Gasteiger partial charge in [0.15, 0.2) is 0 Å². The molecule has 0 atom stereocenters. The monoisotopic (exact) mass is 358 g/mol. The molecule has 0 bridgehead atoms. The van der Waals surface area contributed by atoms with E-state index in [1.807, 2.05) is 0 Å². The average Bonchev–Trinajstić information content (AvgIpc) is 2.67. The molecule has 8 heteroatoms. The van der Waals surface area contributed by atoms with Gasteiger partial charge in [-0.1, -0.05) is 0 Å². The quantitative estimate of drug-likeness (QED) is 0.838. The van der Waals surface area contributed by atoms with Crippen LogP contribution in [0, 0.1) is 5.82 Å². The Morgan fingerprint density at radius 2 is 1.73 bits per heavy atom. The number of benzene rings is 1. The van der Waals surface area contributed by atoms with Gasteiger partial charge >= 0.3 is 0 Å². The number of H-pyrrole nitrogens is 1. The van der Waals surface area contributed by atoms with Crippen LogP contribution in [-0.2, 0) is 4.79 Å². The first-order valence-electron chi connectivity index (χ1n) is 8.28. The summed E-state index contributed by atoms with van der Waals surface area (Å²) in [5, 5.41) is 2.56. The maximum Gasteiger partial charge on any atom is 0.253 e. The van der Waals surface area contributed by atoms with Gasteiger partial charge in [0, 0.05) is 44.1 Å². The second kappa shape index (κ2) is 7.81. The third-order valence-corrected chi connectivity index (χ3v) is 4.27. The van der Waals surface area contributed by atoms with Gasteiger partial charge in [-0.25, -0.2) is 4.39 Å². The lowest BCUT2D eigenvalue weighted by atomic mass is 10.2. The zero-order valence-electron chi connectivity index (χ0n) is 14.1. The molecule has 1 aromatic carbocycles. The van der Waals surface area contributed by atoms with Gasteiger partial charge < -0.3 is 20.1 Å². The molecule has 1 aliphatic rings. The number of anilines is 1. The Balaban J connectivity index is 1.47. The highest BCUT2D eigenvalue weighted by atomic mass is 19.1. The van der Waals surface area contributed by atoms with E-state index in [-0.39, 0.29) is 23.8 Å². The van der Waals surface area contributed by atoms with Crippen LogP contribution in [0.15, 0.2) is 47.4 Å². The first-order valence-corrected chi connectivity index (χ1v) is 8.28. The van der Waals surface area contributed by atoms with E-state index in [2.05, 4.69) is 15.2 Å². The lowest BCUT2D eigenvalue weighted by Crippen LogP contribution is -2.51. The number of carbonyl (C=O) groups is 2. The van der Waals surface area contributed by atoms with Crippen molar-refractivity contribution in [3.63, 3.8) is 0 Å². The van der Waals surface area contributed by atoms with Crippen molar-refractivity contribution >= 4 is 17.5 Å². The Morgan fingerprint density at radius 3 is 2.35 bits per heavy atom. The molecule has 2 amide bonds. The van der Waals surface area contributed by atoms with Crippen molar-refractivity contribution in [3.8, 4) is 0 Å². The van der Waals surface area contributed by atoms with E-state index in [9.17, 15) is 18.8 Å². The van der Waals surface area contributed by atoms with Gasteiger partial charge in [-0.05, 0) is 30.3 Å². The van der Waals surface area contributed by atoms with Crippen LogP contribution in [-0.4, -0.2) is 54.4 Å². The van der Waals surface area contributed by atoms with Gasteiger partial charge in [-0.2, -0.15) is 0 Å². The summed E-state index contributed by atoms with van der Waals surface area (Å²) in [4.78, 5) is 41.4. The van der Waals surface area contributed by atoms with Crippen LogP contribution in [0.5, 0.6) is 0 Å². The highest BCUT2D eigenvalue weighted by Crippen LogP contribution is 2.16. The number of hydrogen-bond acceptors (Lipinski definition) is 4. The molecular weight excluding hydrogens is 339 g/mol. The molecule has 2 N–H and O–H groups in total. The first kappa shape index (κ1) is 17.7. The van der Waals surface area contributed by atoms with Crippen molar-refractivity contribution in [3.05, 3.63) is 64.3 Å². The molecule has 3 rings (SSSR count). The first-order chi connectivity index (χ1) is 12.5. The number of piperazine rings is 1. The van der Waals surface area contributed by atoms with Crippen LogP contribution in [0.2, 0.25) is 0 Å². The lowest BCUT2D eigenvalue weighted by molar-refractivity contribution is -0.130. The van der Waals surface area contributed by atoms with E-state index in [1.165, 1.54) is 30.5 Å². The Labute approximate surface area is 149 Å². The van der Waals surface area contributed by atoms with E-state index in [4.69, 9.17) is 0 Å². The molecule has 26 heavy (non-hydrogen) atoms. The molecule has 2 aromatic rings. The number of nitrogens with one attached hydrogen (secondary N) is 2. The summed E-state index contributed by atoms with van der Waals surface area (Å²) in [5.41, 5.74) is 0.917. The van der Waals surface area contributed by atoms with Crippen molar-refractivity contribution in [1.29, 1.82) is 0 Å². The van der Waals surface area contributed by atoms with E-state index in [0.717, 1.165) is 5.69 Å². The molecule has 1 saturated heterocycles. The summed E-state index contributed by atoms with van der Waals surface area (Å²) < 4.78 is 13.0. The Morgan fingerprint density at radius 1 is 1.04 bits per heavy atom. The molecule has 2 heterocycles. The minimum atomic E-state index is -0.417. The maximum absolute atomic E-state index is 13.0. The largest absolute Gasteiger partial charge is 0.368 e. The Hall–Kier alpha value is -3.16. The standard InChI is InChI=1S/C18H19FN4O3/c19-14-2-4-15(5-3-14)22-7-9-23(10-8-22)17(25)12-21-18(26)13-1-6-16(24)20-11-13/h1-6,11H,7-10,12H2,(H,20,24)(H,21,26). The topological polar surface area (TPSA) is 85.5 Å². The van der Waals surface area contributed by atoms with Crippen LogP contribution in [0.25, 0.3) is 0 Å². The normalized spacial score (nSPS) is 14.2. The second-order valence-corrected chi connectivity index (χ2v) is 5.97. The predicted octanol–water partition coefficient (Wildman–Crippen LogP) is 0.593. The molecule has 1 aromatic heterocycles. The third-order valence-electron chi connectivity index (χ3n) is 4.27. The van der Waals surface area contributed by atoms with Gasteiger partial charge in [-0.15, -0.1) is 0 Å². The van der Waals surface area contributed by atoms with Crippen LogP contribution >= 0.6 is 0 Å². The van der Waals surface area contributed by atoms with E-state index in [1.54, 1.807) is 17.0 Å². The van der Waals surface area contributed by atoms with Crippen LogP contribution in [0.4, 0.5) is 10.1 Å². The zero-order valence-corrected chi connectivity index (χ0v) is 14.1. The molecule has 0 saturated carbocycles. The molecule has 0 unspecified atom stereocenters. The summed E-state index contributed by atoms with van der Waals surface area (Å²) in [5.74, 6) is -0.859. The van der Waals surface area contributed by atoms with Crippen molar-refractivity contribution < 1.29 is 14.0 Å². The Bertz CT molecular complexity index is 822. The van der Waals surface area contributed by atoms with Gasteiger partial charge in [-0.3, -0.25) is 14.4 Å². The molecule has 0 radical (unpaired) electrons. The minimum absolute atomic E-state index is 0.103. The van der Waals surface area contributed by atoms with E-state index in [0.29, 0.717) is 31.7 Å². The molecule has 0 aliphatic carbocycles. The van der Waals surface area contributed by atoms with Crippen molar-refractivity contribution in [2.45, 2.75) is 0 Å². The molecular formula is C18H19FN4O3. The number of aromatic nitrogens is 1. The summed E-state index contributed by atoms with van der Waals surface area (Å²) in [6.07, 6.45) is 1.31. The summed E-state index contributed by atoms with van der Waals surface area (Å²) in [6.45, 7) is 2.25. The van der Waals surface area contributed by atoms with Gasteiger partial charge in [0.2, 0.25) is 11.5 Å². The number of carbonyl (C=O) groups excluding carboxylic acids is 2. The van der Waals surface area contributed by atoms with Crippen LogP contribution in [0.1, 0.15) is 10.4 Å². The summed E-state index contributed by atoms with van der Waals surface area (Å²) in [7, 11) is 0. The molecule has 0 spiro atoms. The van der Waals surface area contributed by atoms with Crippen molar-refractivity contribution in [2.75, 3.05) is 37.6 Å². The fourth-order valence-electron chi connectivity index (χ4n) is 2.79. The van der Waals surface area contributed by atoms with Crippen LogP contribution < -0.4 is 15.8 Å². The predicted molar refractivity (Wildman–Crippen MR) is 94.6 cm³/mol. The number of aromatic amines is 1. The van der Waals surface area contributed by atoms with Gasteiger partial charge in [0.1, 0.15) is 5.82 Å². The van der Waals surface area contributed by atoms with Crippen molar-refractivity contribution in [2.24, 2.45) is 0 Å². The van der Waals surface area contributed by atoms with Crippen molar-refractivity contribution in [1.82, 2.24) is 15.2 Å². The number of nitrogens with zero attached hydrogens (tertiary/aromatic N) is 2. The molecule has 136 valence electrons. The number of hydrogen-bond donors (Lipinski definition) is 2. The highest BCUT2D eigenvalue weighted by molar-refractivity contribution is 5.96. The fourth-order valence-corrected chi connectivity index (χ4v) is 2.79. The smallest absolute Gasteiger partial charge is 0.253 e. The minimum Gasteiger partial charge on any atom is -0.368 e. The number of amides is 2. The number of halogens is 1. The molecule has 1 aliphatic heterocycles. The third kappa shape index (κ3) is 4.27. The fraction of sp³-hybridized carbons (Fsp3) is 0.278. The lowest BCUT2D eigenvalue weighted by Gasteiger charge is -2.36. The summed E-state index contributed by atoms with van der Waals surface area (Å²) >= 11 is 0. The van der Waals surface area contributed by atoms with E-state index >= 15 is 0 Å². The zero-order chi connectivity index (χ0) is 18.5.